The standard InChI is InChI=1S/C16H17FN2O2S/c1-2-19(11-12-5-3-6-13(17)9-12)15(20)10-18-16(21)14-7-4-8-22-14/h3-9H,2,10-11H2,1H3,(H,18,21). The van der Waals surface area contributed by atoms with Crippen molar-refractivity contribution in [2.75, 3.05) is 13.1 Å². The molecule has 0 aliphatic carbocycles. The number of likely N-dealkylation sites (N-methyl/N-ethyl adjacent to an activating group) is 1. The number of rotatable bonds is 6. The Morgan fingerprint density at radius 1 is 1.27 bits per heavy atom. The molecule has 2 amide bonds. The number of nitrogens with one attached hydrogen (secondary N) is 1. The van der Waals surface area contributed by atoms with Gasteiger partial charge in [-0.25, -0.2) is 4.39 Å². The maximum Gasteiger partial charge on any atom is 0.261 e. The lowest BCUT2D eigenvalue weighted by molar-refractivity contribution is -0.130. The smallest absolute Gasteiger partial charge is 0.261 e. The Morgan fingerprint density at radius 3 is 2.73 bits per heavy atom. The fraction of sp³-hybridized carbons (Fsp3) is 0.250. The third-order valence-electron chi connectivity index (χ3n) is 3.14. The number of thiophene rings is 1. The van der Waals surface area contributed by atoms with E-state index >= 15 is 0 Å². The van der Waals surface area contributed by atoms with Gasteiger partial charge in [0.05, 0.1) is 11.4 Å². The average Bonchev–Trinajstić information content (AvgIpc) is 3.04. The van der Waals surface area contributed by atoms with Gasteiger partial charge in [-0.05, 0) is 36.1 Å². The number of hydrogen-bond donors (Lipinski definition) is 1. The summed E-state index contributed by atoms with van der Waals surface area (Å²) in [5, 5.41) is 4.41. The van der Waals surface area contributed by atoms with E-state index in [9.17, 15) is 14.0 Å². The average molecular weight is 320 g/mol. The molecule has 0 saturated carbocycles. The maximum atomic E-state index is 13.2. The summed E-state index contributed by atoms with van der Waals surface area (Å²) in [5.74, 6) is -0.783. The van der Waals surface area contributed by atoms with Gasteiger partial charge in [0.25, 0.3) is 5.91 Å². The molecule has 0 aliphatic heterocycles. The number of nitrogens with zero attached hydrogens (tertiary/aromatic N) is 1. The van der Waals surface area contributed by atoms with E-state index in [0.29, 0.717) is 18.0 Å². The minimum absolute atomic E-state index is 0.0696. The fourth-order valence-corrected chi connectivity index (χ4v) is 2.63. The van der Waals surface area contributed by atoms with Crippen LogP contribution in [0.5, 0.6) is 0 Å². The van der Waals surface area contributed by atoms with E-state index in [1.807, 2.05) is 6.92 Å². The topological polar surface area (TPSA) is 49.4 Å². The minimum Gasteiger partial charge on any atom is -0.342 e. The molecule has 0 aliphatic rings. The van der Waals surface area contributed by atoms with Gasteiger partial charge in [-0.15, -0.1) is 11.3 Å². The summed E-state index contributed by atoms with van der Waals surface area (Å²) in [4.78, 5) is 26.1. The molecule has 0 bridgehead atoms. The third kappa shape index (κ3) is 4.39. The lowest BCUT2D eigenvalue weighted by Crippen LogP contribution is -2.39. The van der Waals surface area contributed by atoms with Gasteiger partial charge in [0.1, 0.15) is 5.82 Å². The molecule has 0 fully saturated rings. The first-order valence-corrected chi connectivity index (χ1v) is 7.82. The van der Waals surface area contributed by atoms with Crippen LogP contribution in [0.3, 0.4) is 0 Å². The van der Waals surface area contributed by atoms with Gasteiger partial charge in [0.15, 0.2) is 0 Å². The van der Waals surface area contributed by atoms with Crippen LogP contribution in [-0.2, 0) is 11.3 Å². The van der Waals surface area contributed by atoms with Crippen molar-refractivity contribution >= 4 is 23.2 Å². The predicted octanol–water partition coefficient (Wildman–Crippen LogP) is 2.67. The van der Waals surface area contributed by atoms with Gasteiger partial charge >= 0.3 is 0 Å². The van der Waals surface area contributed by atoms with Gasteiger partial charge in [0, 0.05) is 13.1 Å². The highest BCUT2D eigenvalue weighted by Gasteiger charge is 2.14. The highest BCUT2D eigenvalue weighted by molar-refractivity contribution is 7.12. The van der Waals surface area contributed by atoms with Crippen LogP contribution in [0.1, 0.15) is 22.2 Å². The van der Waals surface area contributed by atoms with Gasteiger partial charge in [0.2, 0.25) is 5.91 Å². The Hall–Kier alpha value is -2.21. The van der Waals surface area contributed by atoms with Crippen molar-refractivity contribution in [2.24, 2.45) is 0 Å². The Bertz CT molecular complexity index is 643. The largest absolute Gasteiger partial charge is 0.342 e. The zero-order chi connectivity index (χ0) is 15.9. The van der Waals surface area contributed by atoms with E-state index in [4.69, 9.17) is 0 Å². The quantitative estimate of drug-likeness (QED) is 0.889. The van der Waals surface area contributed by atoms with Crippen LogP contribution in [0.15, 0.2) is 41.8 Å². The summed E-state index contributed by atoms with van der Waals surface area (Å²) < 4.78 is 13.2. The summed E-state index contributed by atoms with van der Waals surface area (Å²) >= 11 is 1.32. The molecule has 22 heavy (non-hydrogen) atoms. The predicted molar refractivity (Wildman–Crippen MR) is 84.1 cm³/mol. The molecule has 1 aromatic carbocycles. The summed E-state index contributed by atoms with van der Waals surface area (Å²) in [5.41, 5.74) is 0.722. The first kappa shape index (κ1) is 16.2. The second-order valence-corrected chi connectivity index (χ2v) is 5.65. The highest BCUT2D eigenvalue weighted by Crippen LogP contribution is 2.09. The normalized spacial score (nSPS) is 10.3. The minimum atomic E-state index is -0.327. The van der Waals surface area contributed by atoms with Crippen molar-refractivity contribution in [1.82, 2.24) is 10.2 Å². The Labute approximate surface area is 132 Å². The zero-order valence-corrected chi connectivity index (χ0v) is 13.0. The Kier molecular flexibility index (Phi) is 5.66. The molecule has 1 N–H and O–H groups in total. The molecule has 0 unspecified atom stereocenters. The van der Waals surface area contributed by atoms with Gasteiger partial charge in [-0.2, -0.15) is 0 Å². The molecule has 1 heterocycles. The molecule has 4 nitrogen and oxygen atoms in total. The molecule has 0 atom stereocenters. The number of amides is 2. The molecule has 2 aromatic rings. The molecule has 0 spiro atoms. The highest BCUT2D eigenvalue weighted by atomic mass is 32.1. The van der Waals surface area contributed by atoms with E-state index in [1.54, 1.807) is 34.5 Å². The van der Waals surface area contributed by atoms with Crippen molar-refractivity contribution in [3.63, 3.8) is 0 Å². The number of hydrogen-bond acceptors (Lipinski definition) is 3. The molecule has 0 saturated heterocycles. The first-order chi connectivity index (χ1) is 10.6. The molecule has 6 heteroatoms. The summed E-state index contributed by atoms with van der Waals surface area (Å²) in [6.45, 7) is 2.59. The number of benzene rings is 1. The van der Waals surface area contributed by atoms with Crippen molar-refractivity contribution in [2.45, 2.75) is 13.5 Å². The molecule has 2 rings (SSSR count). The van der Waals surface area contributed by atoms with E-state index < -0.39 is 0 Å². The van der Waals surface area contributed by atoms with E-state index in [1.165, 1.54) is 23.5 Å². The molecule has 116 valence electrons. The van der Waals surface area contributed by atoms with Crippen LogP contribution in [0.25, 0.3) is 0 Å². The van der Waals surface area contributed by atoms with Crippen LogP contribution >= 0.6 is 11.3 Å². The first-order valence-electron chi connectivity index (χ1n) is 6.94. The van der Waals surface area contributed by atoms with Crippen LogP contribution in [0.2, 0.25) is 0 Å². The van der Waals surface area contributed by atoms with Crippen molar-refractivity contribution in [1.29, 1.82) is 0 Å². The van der Waals surface area contributed by atoms with Crippen molar-refractivity contribution < 1.29 is 14.0 Å². The Balaban J connectivity index is 1.90. The third-order valence-corrected chi connectivity index (χ3v) is 4.01. The van der Waals surface area contributed by atoms with Crippen LogP contribution < -0.4 is 5.32 Å². The monoisotopic (exact) mass is 320 g/mol. The number of carbonyl (C=O) groups is 2. The SMILES string of the molecule is CCN(Cc1cccc(F)c1)C(=O)CNC(=O)c1cccs1. The zero-order valence-electron chi connectivity index (χ0n) is 12.2. The molecular formula is C16H17FN2O2S. The fourth-order valence-electron chi connectivity index (χ4n) is 1.99. The van der Waals surface area contributed by atoms with Crippen LogP contribution in [-0.4, -0.2) is 29.8 Å². The van der Waals surface area contributed by atoms with E-state index in [2.05, 4.69) is 5.32 Å². The van der Waals surface area contributed by atoms with Gasteiger partial charge in [-0.3, -0.25) is 9.59 Å². The second-order valence-electron chi connectivity index (χ2n) is 4.70. The molecular weight excluding hydrogens is 303 g/mol. The van der Waals surface area contributed by atoms with Gasteiger partial charge in [-0.1, -0.05) is 18.2 Å². The molecule has 1 aromatic heterocycles. The summed E-state index contributed by atoms with van der Waals surface area (Å²) in [6.07, 6.45) is 0. The Morgan fingerprint density at radius 2 is 2.09 bits per heavy atom. The number of halogens is 1. The second kappa shape index (κ2) is 7.70. The summed E-state index contributed by atoms with van der Waals surface area (Å²) in [7, 11) is 0. The number of carbonyl (C=O) groups excluding carboxylic acids is 2. The van der Waals surface area contributed by atoms with Crippen molar-refractivity contribution in [3.05, 3.63) is 58.0 Å². The van der Waals surface area contributed by atoms with Crippen molar-refractivity contribution in [3.8, 4) is 0 Å². The maximum absolute atomic E-state index is 13.2. The lowest BCUT2D eigenvalue weighted by atomic mass is 10.2. The van der Waals surface area contributed by atoms with Gasteiger partial charge < -0.3 is 10.2 Å². The van der Waals surface area contributed by atoms with Crippen LogP contribution in [0, 0.1) is 5.82 Å². The lowest BCUT2D eigenvalue weighted by Gasteiger charge is -2.21. The molecule has 0 radical (unpaired) electrons. The van der Waals surface area contributed by atoms with E-state index in [0.717, 1.165) is 5.56 Å². The summed E-state index contributed by atoms with van der Waals surface area (Å²) in [6, 6.07) is 9.63. The van der Waals surface area contributed by atoms with Crippen LogP contribution in [0.4, 0.5) is 4.39 Å². The van der Waals surface area contributed by atoms with E-state index in [-0.39, 0.29) is 24.2 Å².